The van der Waals surface area contributed by atoms with Crippen molar-refractivity contribution in [1.29, 1.82) is 0 Å². The predicted molar refractivity (Wildman–Crippen MR) is 104 cm³/mol. The Morgan fingerprint density at radius 3 is 2.35 bits per heavy atom. The third-order valence-electron chi connectivity index (χ3n) is 4.41. The number of esters is 1. The second-order valence-electron chi connectivity index (χ2n) is 6.46. The van der Waals surface area contributed by atoms with Crippen LogP contribution in [0.3, 0.4) is 0 Å². The van der Waals surface area contributed by atoms with Crippen LogP contribution in [-0.2, 0) is 17.5 Å². The first-order chi connectivity index (χ1) is 14.6. The summed E-state index contributed by atoms with van der Waals surface area (Å²) >= 11 is 0. The number of ether oxygens (including phenoxy) is 1. The molecule has 0 aliphatic rings. The zero-order valence-corrected chi connectivity index (χ0v) is 16.2. The molecule has 0 spiro atoms. The van der Waals surface area contributed by atoms with Crippen LogP contribution in [0.15, 0.2) is 64.2 Å². The van der Waals surface area contributed by atoms with Gasteiger partial charge in [0.15, 0.2) is 5.56 Å². The van der Waals surface area contributed by atoms with Crippen LogP contribution in [0.25, 0.3) is 5.69 Å². The molecule has 0 unspecified atom stereocenters. The number of halogens is 3. The van der Waals surface area contributed by atoms with Gasteiger partial charge in [0.25, 0.3) is 5.56 Å². The molecule has 0 fully saturated rings. The maximum Gasteiger partial charge on any atom is 0.416 e. The van der Waals surface area contributed by atoms with Crippen molar-refractivity contribution in [1.82, 2.24) is 9.13 Å². The number of alkyl halides is 3. The Balaban J connectivity index is 2.32. The molecule has 0 aliphatic carbocycles. The van der Waals surface area contributed by atoms with Gasteiger partial charge in [-0.15, -0.1) is 0 Å². The van der Waals surface area contributed by atoms with Crippen molar-refractivity contribution in [3.8, 4) is 11.6 Å². The highest BCUT2D eigenvalue weighted by Gasteiger charge is 2.32. The minimum atomic E-state index is -4.72. The second kappa shape index (κ2) is 8.50. The van der Waals surface area contributed by atoms with Gasteiger partial charge in [0.2, 0.25) is 5.88 Å². The largest absolute Gasteiger partial charge is 0.494 e. The average molecular weight is 434 g/mol. The number of hydrogen-bond acceptors (Lipinski definition) is 5. The first-order valence-corrected chi connectivity index (χ1v) is 9.12. The second-order valence-corrected chi connectivity index (χ2v) is 6.46. The molecule has 31 heavy (non-hydrogen) atoms. The lowest BCUT2D eigenvalue weighted by Crippen LogP contribution is -2.42. The Hall–Kier alpha value is -3.82. The summed E-state index contributed by atoms with van der Waals surface area (Å²) in [5.41, 5.74) is -4.20. The minimum Gasteiger partial charge on any atom is -0.494 e. The van der Waals surface area contributed by atoms with E-state index < -0.39 is 46.1 Å². The summed E-state index contributed by atoms with van der Waals surface area (Å²) in [4.78, 5) is 38.3. The van der Waals surface area contributed by atoms with Gasteiger partial charge in [-0.25, -0.2) is 14.2 Å². The van der Waals surface area contributed by atoms with E-state index in [9.17, 15) is 32.7 Å². The maximum atomic E-state index is 13.1. The summed E-state index contributed by atoms with van der Waals surface area (Å²) in [5.74, 6) is -2.13. The van der Waals surface area contributed by atoms with E-state index in [-0.39, 0.29) is 13.2 Å². The topological polar surface area (TPSA) is 90.5 Å². The highest BCUT2D eigenvalue weighted by atomic mass is 19.4. The van der Waals surface area contributed by atoms with E-state index in [0.717, 1.165) is 22.8 Å². The van der Waals surface area contributed by atoms with Crippen molar-refractivity contribution in [2.24, 2.45) is 0 Å². The van der Waals surface area contributed by atoms with Gasteiger partial charge in [0.1, 0.15) is 0 Å². The van der Waals surface area contributed by atoms with Crippen molar-refractivity contribution >= 4 is 5.97 Å². The zero-order chi connectivity index (χ0) is 22.8. The quantitative estimate of drug-likeness (QED) is 0.624. The average Bonchev–Trinajstić information content (AvgIpc) is 2.72. The molecule has 162 valence electrons. The van der Waals surface area contributed by atoms with E-state index in [1.807, 2.05) is 0 Å². The highest BCUT2D eigenvalue weighted by molar-refractivity contribution is 5.91. The number of aromatic nitrogens is 2. The Labute approximate surface area is 173 Å². The standard InChI is InChI=1S/C21H17F3N2O5/c1-2-31-19(29)16-17(27)25(12-13-7-4-3-5-8-13)20(30)26(18(16)28)15-10-6-9-14(11-15)21(22,23)24/h3-11,27H,2,12H2,1H3. The van der Waals surface area contributed by atoms with Crippen LogP contribution in [0, 0.1) is 0 Å². The molecular weight excluding hydrogens is 417 g/mol. The molecule has 0 amide bonds. The summed E-state index contributed by atoms with van der Waals surface area (Å²) in [6, 6.07) is 11.9. The van der Waals surface area contributed by atoms with Gasteiger partial charge in [0, 0.05) is 0 Å². The normalized spacial score (nSPS) is 11.4. The first kappa shape index (κ1) is 21.9. The van der Waals surface area contributed by atoms with E-state index in [2.05, 4.69) is 0 Å². The fourth-order valence-electron chi connectivity index (χ4n) is 2.98. The van der Waals surface area contributed by atoms with Crippen LogP contribution in [-0.4, -0.2) is 26.8 Å². The molecule has 0 bridgehead atoms. The third-order valence-corrected chi connectivity index (χ3v) is 4.41. The molecular formula is C21H17F3N2O5. The summed E-state index contributed by atoms with van der Waals surface area (Å²) < 4.78 is 45.3. The van der Waals surface area contributed by atoms with E-state index in [4.69, 9.17) is 4.74 Å². The minimum absolute atomic E-state index is 0.126. The van der Waals surface area contributed by atoms with Crippen LogP contribution in [0.1, 0.15) is 28.4 Å². The molecule has 1 N–H and O–H groups in total. The summed E-state index contributed by atoms with van der Waals surface area (Å²) in [5, 5.41) is 10.5. The lowest BCUT2D eigenvalue weighted by molar-refractivity contribution is -0.137. The molecule has 0 radical (unpaired) electrons. The van der Waals surface area contributed by atoms with E-state index >= 15 is 0 Å². The number of carbonyl (C=O) groups is 1. The zero-order valence-electron chi connectivity index (χ0n) is 16.2. The number of carbonyl (C=O) groups excluding carboxylic acids is 1. The smallest absolute Gasteiger partial charge is 0.416 e. The van der Waals surface area contributed by atoms with Crippen molar-refractivity contribution < 1.29 is 27.8 Å². The lowest BCUT2D eigenvalue weighted by Gasteiger charge is -2.16. The van der Waals surface area contributed by atoms with Gasteiger partial charge in [-0.1, -0.05) is 36.4 Å². The van der Waals surface area contributed by atoms with Crippen LogP contribution in [0.4, 0.5) is 13.2 Å². The molecule has 3 aromatic rings. The first-order valence-electron chi connectivity index (χ1n) is 9.12. The molecule has 0 saturated carbocycles. The van der Waals surface area contributed by atoms with Crippen LogP contribution in [0.2, 0.25) is 0 Å². The Bertz CT molecular complexity index is 1230. The van der Waals surface area contributed by atoms with Gasteiger partial charge in [-0.3, -0.25) is 9.36 Å². The van der Waals surface area contributed by atoms with Crippen molar-refractivity contribution in [2.75, 3.05) is 6.61 Å². The highest BCUT2D eigenvalue weighted by Crippen LogP contribution is 2.30. The number of rotatable bonds is 5. The number of hydrogen-bond donors (Lipinski definition) is 1. The number of benzene rings is 2. The summed E-state index contributed by atoms with van der Waals surface area (Å²) in [6.07, 6.45) is -4.72. The lowest BCUT2D eigenvalue weighted by atomic mass is 10.2. The van der Waals surface area contributed by atoms with Crippen LogP contribution < -0.4 is 11.2 Å². The monoisotopic (exact) mass is 434 g/mol. The predicted octanol–water partition coefficient (Wildman–Crippen LogP) is 2.95. The Kier molecular flexibility index (Phi) is 6.00. The summed E-state index contributed by atoms with van der Waals surface area (Å²) in [6.45, 7) is 1.11. The maximum absolute atomic E-state index is 13.1. The van der Waals surface area contributed by atoms with Gasteiger partial charge < -0.3 is 9.84 Å². The van der Waals surface area contributed by atoms with Crippen molar-refractivity contribution in [2.45, 2.75) is 19.6 Å². The Morgan fingerprint density at radius 1 is 1.06 bits per heavy atom. The number of nitrogens with zero attached hydrogens (tertiary/aromatic N) is 2. The van der Waals surface area contributed by atoms with Gasteiger partial charge in [-0.05, 0) is 30.7 Å². The molecule has 3 rings (SSSR count). The van der Waals surface area contributed by atoms with Gasteiger partial charge >= 0.3 is 17.8 Å². The van der Waals surface area contributed by atoms with Crippen molar-refractivity contribution in [3.63, 3.8) is 0 Å². The molecule has 0 aliphatic heterocycles. The van der Waals surface area contributed by atoms with E-state index in [0.29, 0.717) is 16.2 Å². The molecule has 0 atom stereocenters. The molecule has 1 heterocycles. The SMILES string of the molecule is CCOC(=O)c1c(O)n(Cc2ccccc2)c(=O)n(-c2cccc(C(F)(F)F)c2)c1=O. The van der Waals surface area contributed by atoms with Crippen molar-refractivity contribution in [3.05, 3.63) is 92.1 Å². The van der Waals surface area contributed by atoms with E-state index in [1.165, 1.54) is 6.92 Å². The van der Waals surface area contributed by atoms with E-state index in [1.54, 1.807) is 30.3 Å². The molecule has 2 aromatic carbocycles. The van der Waals surface area contributed by atoms with Crippen LogP contribution in [0.5, 0.6) is 5.88 Å². The Morgan fingerprint density at radius 2 is 1.74 bits per heavy atom. The molecule has 7 nitrogen and oxygen atoms in total. The molecule has 10 heteroatoms. The fourth-order valence-corrected chi connectivity index (χ4v) is 2.98. The molecule has 1 aromatic heterocycles. The van der Waals surface area contributed by atoms with Gasteiger partial charge in [0.05, 0.1) is 24.4 Å². The molecule has 0 saturated heterocycles. The number of aromatic hydroxyl groups is 1. The fraction of sp³-hybridized carbons (Fsp3) is 0.190. The van der Waals surface area contributed by atoms with Crippen LogP contribution >= 0.6 is 0 Å². The van der Waals surface area contributed by atoms with Gasteiger partial charge in [-0.2, -0.15) is 13.2 Å². The summed E-state index contributed by atoms with van der Waals surface area (Å²) in [7, 11) is 0. The third kappa shape index (κ3) is 4.37.